The first-order valence-corrected chi connectivity index (χ1v) is 9.97. The number of nitro groups is 1. The Morgan fingerprint density at radius 2 is 1.88 bits per heavy atom. The van der Waals surface area contributed by atoms with Crippen LogP contribution in [0.15, 0.2) is 47.2 Å². The van der Waals surface area contributed by atoms with Gasteiger partial charge in [-0.1, -0.05) is 34.4 Å². The normalized spacial score (nSPS) is 11.0. The molecule has 1 aromatic carbocycles. The minimum absolute atomic E-state index is 0.0414. The van der Waals surface area contributed by atoms with Crippen molar-refractivity contribution in [3.63, 3.8) is 0 Å². The maximum absolute atomic E-state index is 12.7. The lowest BCUT2D eigenvalue weighted by molar-refractivity contribution is -0.389. The van der Waals surface area contributed by atoms with Crippen molar-refractivity contribution in [1.29, 1.82) is 0 Å². The molecule has 4 aromatic rings. The molecular weight excluding hydrogens is 461 g/mol. The van der Waals surface area contributed by atoms with Gasteiger partial charge in [0, 0.05) is 12.3 Å². The van der Waals surface area contributed by atoms with E-state index in [1.165, 1.54) is 16.9 Å². The summed E-state index contributed by atoms with van der Waals surface area (Å²) in [6, 6.07) is 8.18. The average molecular weight is 476 g/mol. The molecule has 0 aliphatic carbocycles. The Morgan fingerprint density at radius 3 is 2.59 bits per heavy atom. The third-order valence-corrected chi connectivity index (χ3v) is 5.28. The van der Waals surface area contributed by atoms with E-state index < -0.39 is 10.8 Å². The fourth-order valence-corrected chi connectivity index (χ4v) is 3.29. The molecule has 0 radical (unpaired) electrons. The lowest BCUT2D eigenvalue weighted by atomic mass is 10.2. The van der Waals surface area contributed by atoms with Crippen molar-refractivity contribution in [2.24, 2.45) is 0 Å². The lowest BCUT2D eigenvalue weighted by Crippen LogP contribution is -2.16. The van der Waals surface area contributed by atoms with Crippen molar-refractivity contribution in [3.8, 4) is 0 Å². The molecule has 0 aliphatic heterocycles. The second-order valence-corrected chi connectivity index (χ2v) is 7.61. The summed E-state index contributed by atoms with van der Waals surface area (Å²) >= 11 is 12.0. The quantitative estimate of drug-likeness (QED) is 0.315. The molecule has 13 heteroatoms. The fourth-order valence-electron chi connectivity index (χ4n) is 2.97. The van der Waals surface area contributed by atoms with Crippen LogP contribution < -0.4 is 5.32 Å². The Bertz CT molecular complexity index is 1310. The molecule has 0 aliphatic rings. The highest BCUT2D eigenvalue weighted by Crippen LogP contribution is 2.23. The summed E-state index contributed by atoms with van der Waals surface area (Å²) in [5, 5.41) is 26.4. The number of amides is 1. The van der Waals surface area contributed by atoms with Crippen LogP contribution in [0.5, 0.6) is 0 Å². The van der Waals surface area contributed by atoms with Gasteiger partial charge in [0.05, 0.1) is 46.1 Å². The Balaban J connectivity index is 1.46. The van der Waals surface area contributed by atoms with Crippen LogP contribution in [-0.2, 0) is 13.1 Å². The van der Waals surface area contributed by atoms with Crippen LogP contribution in [0.1, 0.15) is 27.4 Å². The zero-order valence-corrected chi connectivity index (χ0v) is 18.0. The zero-order valence-electron chi connectivity index (χ0n) is 16.5. The number of hydrogen-bond acceptors (Lipinski definition) is 7. The zero-order chi connectivity index (χ0) is 22.8. The number of nitrogens with zero attached hydrogens (tertiary/aromatic N) is 6. The summed E-state index contributed by atoms with van der Waals surface area (Å²) in [6.45, 7) is 2.15. The number of aromatic nitrogens is 5. The number of carbonyl (C=O) groups excluding carboxylic acids is 1. The first-order chi connectivity index (χ1) is 15.3. The van der Waals surface area contributed by atoms with E-state index in [1.807, 2.05) is 6.07 Å². The van der Waals surface area contributed by atoms with Gasteiger partial charge in [0.15, 0.2) is 11.5 Å². The van der Waals surface area contributed by atoms with Crippen LogP contribution in [0.3, 0.4) is 0 Å². The van der Waals surface area contributed by atoms with Gasteiger partial charge in [-0.3, -0.25) is 9.48 Å². The van der Waals surface area contributed by atoms with Gasteiger partial charge in [-0.15, -0.1) is 0 Å². The van der Waals surface area contributed by atoms with E-state index in [4.69, 9.17) is 27.7 Å². The number of anilines is 1. The van der Waals surface area contributed by atoms with Crippen LogP contribution >= 0.6 is 23.2 Å². The van der Waals surface area contributed by atoms with Crippen LogP contribution in [-0.4, -0.2) is 35.5 Å². The van der Waals surface area contributed by atoms with Gasteiger partial charge < -0.3 is 20.0 Å². The van der Waals surface area contributed by atoms with Crippen LogP contribution in [0.25, 0.3) is 0 Å². The summed E-state index contributed by atoms with van der Waals surface area (Å²) < 4.78 is 8.12. The number of carbonyl (C=O) groups is 1. The van der Waals surface area contributed by atoms with E-state index >= 15 is 0 Å². The minimum Gasteiger partial charge on any atom is -0.361 e. The van der Waals surface area contributed by atoms with Crippen molar-refractivity contribution < 1.29 is 14.2 Å². The molecule has 0 unspecified atom stereocenters. The van der Waals surface area contributed by atoms with Crippen molar-refractivity contribution in [2.45, 2.75) is 20.0 Å². The number of rotatable bonds is 7. The predicted molar refractivity (Wildman–Crippen MR) is 115 cm³/mol. The Morgan fingerprint density at radius 1 is 1.12 bits per heavy atom. The molecule has 4 rings (SSSR count). The molecule has 3 heterocycles. The van der Waals surface area contributed by atoms with Crippen molar-refractivity contribution in [2.75, 3.05) is 5.32 Å². The second-order valence-electron chi connectivity index (χ2n) is 6.80. The topological polar surface area (TPSA) is 134 Å². The number of hydrogen-bond donors (Lipinski definition) is 1. The van der Waals surface area contributed by atoms with Crippen LogP contribution in [0, 0.1) is 17.0 Å². The van der Waals surface area contributed by atoms with E-state index in [2.05, 4.69) is 20.7 Å². The Labute approximate surface area is 190 Å². The molecule has 0 saturated heterocycles. The maximum Gasteiger partial charge on any atom is 0.389 e. The molecular formula is C19H15Cl2N7O4. The van der Waals surface area contributed by atoms with Gasteiger partial charge in [-0.25, -0.2) is 0 Å². The monoisotopic (exact) mass is 475 g/mol. The van der Waals surface area contributed by atoms with E-state index in [-0.39, 0.29) is 18.1 Å². The van der Waals surface area contributed by atoms with E-state index in [0.717, 1.165) is 5.56 Å². The van der Waals surface area contributed by atoms with Gasteiger partial charge in [0.1, 0.15) is 5.76 Å². The molecule has 0 fully saturated rings. The lowest BCUT2D eigenvalue weighted by Gasteiger charge is -2.04. The summed E-state index contributed by atoms with van der Waals surface area (Å²) in [4.78, 5) is 23.0. The molecule has 3 aromatic heterocycles. The van der Waals surface area contributed by atoms with E-state index in [1.54, 1.807) is 36.0 Å². The van der Waals surface area contributed by atoms with Crippen molar-refractivity contribution in [1.82, 2.24) is 24.7 Å². The summed E-state index contributed by atoms with van der Waals surface area (Å²) in [5.74, 6) is -0.106. The third kappa shape index (κ3) is 4.63. The summed E-state index contributed by atoms with van der Waals surface area (Å²) in [6.07, 6.45) is 3.15. The standard InChI is InChI=1S/C19H15Cl2N7O4/c1-11-13(10-27-7-5-17(24-27)28(30)31)18(25-32-11)19(29)22-16-4-6-26(23-16)9-12-2-3-14(20)15(21)8-12/h2-8H,9-10H2,1H3,(H,22,23,29). The van der Waals surface area contributed by atoms with Gasteiger partial charge >= 0.3 is 5.82 Å². The van der Waals surface area contributed by atoms with Crippen LogP contribution in [0.2, 0.25) is 10.0 Å². The minimum atomic E-state index is -0.598. The smallest absolute Gasteiger partial charge is 0.361 e. The van der Waals surface area contributed by atoms with Gasteiger partial charge in [-0.2, -0.15) is 9.78 Å². The van der Waals surface area contributed by atoms with Gasteiger partial charge in [-0.05, 0) is 29.5 Å². The third-order valence-electron chi connectivity index (χ3n) is 4.54. The number of nitrogens with one attached hydrogen (secondary N) is 1. The summed E-state index contributed by atoms with van der Waals surface area (Å²) in [5.41, 5.74) is 1.39. The molecule has 0 spiro atoms. The average Bonchev–Trinajstić information content (AvgIpc) is 3.47. The summed E-state index contributed by atoms with van der Waals surface area (Å²) in [7, 11) is 0. The molecule has 0 saturated carbocycles. The SMILES string of the molecule is Cc1onc(C(=O)Nc2ccn(Cc3ccc(Cl)c(Cl)c3)n2)c1Cn1ccc([N+](=O)[O-])n1. The molecule has 11 nitrogen and oxygen atoms in total. The van der Waals surface area contributed by atoms with E-state index in [0.29, 0.717) is 33.7 Å². The number of halogens is 2. The van der Waals surface area contributed by atoms with Gasteiger partial charge in [0.25, 0.3) is 5.91 Å². The Kier molecular flexibility index (Phi) is 5.93. The van der Waals surface area contributed by atoms with Crippen molar-refractivity contribution >= 4 is 40.7 Å². The molecule has 164 valence electrons. The molecule has 0 bridgehead atoms. The number of benzene rings is 1. The molecule has 0 atom stereocenters. The highest BCUT2D eigenvalue weighted by atomic mass is 35.5. The van der Waals surface area contributed by atoms with Crippen molar-refractivity contribution in [3.05, 3.63) is 85.5 Å². The highest BCUT2D eigenvalue weighted by Gasteiger charge is 2.23. The highest BCUT2D eigenvalue weighted by molar-refractivity contribution is 6.42. The fraction of sp³-hybridized carbons (Fsp3) is 0.158. The molecule has 32 heavy (non-hydrogen) atoms. The Hall–Kier alpha value is -3.70. The van der Waals surface area contributed by atoms with Gasteiger partial charge in [0.2, 0.25) is 0 Å². The number of aryl methyl sites for hydroxylation is 1. The molecule has 1 amide bonds. The second kappa shape index (κ2) is 8.81. The predicted octanol–water partition coefficient (Wildman–Crippen LogP) is 3.94. The largest absolute Gasteiger partial charge is 0.389 e. The van der Waals surface area contributed by atoms with Crippen LogP contribution in [0.4, 0.5) is 11.6 Å². The first kappa shape index (κ1) is 21.5. The first-order valence-electron chi connectivity index (χ1n) is 9.22. The maximum atomic E-state index is 12.7. The van der Waals surface area contributed by atoms with E-state index in [9.17, 15) is 14.9 Å². The molecule has 1 N–H and O–H groups in total.